The van der Waals surface area contributed by atoms with Crippen molar-refractivity contribution in [2.75, 3.05) is 13.2 Å². The van der Waals surface area contributed by atoms with Crippen LogP contribution in [0.2, 0.25) is 0 Å². The van der Waals surface area contributed by atoms with Gasteiger partial charge in [-0.25, -0.2) is 0 Å². The molecule has 0 spiro atoms. The van der Waals surface area contributed by atoms with E-state index in [1.165, 1.54) is 5.56 Å². The van der Waals surface area contributed by atoms with E-state index in [1.807, 2.05) is 18.2 Å². The van der Waals surface area contributed by atoms with Gasteiger partial charge in [-0.3, -0.25) is 0 Å². The molecule has 0 saturated carbocycles. The molecule has 0 aliphatic carbocycles. The Balaban J connectivity index is 2.31. The zero-order valence-electron chi connectivity index (χ0n) is 12.5. The maximum absolute atomic E-state index is 9.88. The second-order valence-electron chi connectivity index (χ2n) is 5.41. The van der Waals surface area contributed by atoms with Crippen LogP contribution in [0.25, 0.3) is 0 Å². The van der Waals surface area contributed by atoms with Crippen LogP contribution in [0.4, 0.5) is 0 Å². The Morgan fingerprint density at radius 2 is 2.00 bits per heavy atom. The molecule has 0 fully saturated rings. The SMILES string of the molecule is CCc1cccc(OCC(O)CNC(C)C(C)C)c1. The van der Waals surface area contributed by atoms with E-state index < -0.39 is 6.10 Å². The fraction of sp³-hybridized carbons (Fsp3) is 0.625. The summed E-state index contributed by atoms with van der Waals surface area (Å²) in [7, 11) is 0. The van der Waals surface area contributed by atoms with Crippen LogP contribution in [0.15, 0.2) is 24.3 Å². The molecule has 19 heavy (non-hydrogen) atoms. The number of hydrogen-bond acceptors (Lipinski definition) is 3. The Hall–Kier alpha value is -1.06. The van der Waals surface area contributed by atoms with Gasteiger partial charge in [0.25, 0.3) is 0 Å². The van der Waals surface area contributed by atoms with Gasteiger partial charge in [0, 0.05) is 12.6 Å². The van der Waals surface area contributed by atoms with Crippen molar-refractivity contribution in [1.29, 1.82) is 0 Å². The quantitative estimate of drug-likeness (QED) is 0.759. The zero-order chi connectivity index (χ0) is 14.3. The van der Waals surface area contributed by atoms with Crippen molar-refractivity contribution in [3.63, 3.8) is 0 Å². The van der Waals surface area contributed by atoms with Gasteiger partial charge in [-0.1, -0.05) is 32.9 Å². The molecule has 0 radical (unpaired) electrons. The van der Waals surface area contributed by atoms with E-state index in [-0.39, 0.29) is 0 Å². The molecule has 2 N–H and O–H groups in total. The third kappa shape index (κ3) is 6.08. The summed E-state index contributed by atoms with van der Waals surface area (Å²) in [5.41, 5.74) is 1.25. The lowest BCUT2D eigenvalue weighted by Crippen LogP contribution is -2.38. The molecule has 0 aliphatic rings. The zero-order valence-corrected chi connectivity index (χ0v) is 12.5. The van der Waals surface area contributed by atoms with E-state index in [2.05, 4.69) is 39.1 Å². The van der Waals surface area contributed by atoms with Crippen molar-refractivity contribution in [3.8, 4) is 5.75 Å². The Morgan fingerprint density at radius 3 is 2.63 bits per heavy atom. The van der Waals surface area contributed by atoms with Gasteiger partial charge in [-0.15, -0.1) is 0 Å². The Labute approximate surface area is 117 Å². The predicted octanol–water partition coefficient (Wildman–Crippen LogP) is 2.62. The summed E-state index contributed by atoms with van der Waals surface area (Å²) >= 11 is 0. The van der Waals surface area contributed by atoms with E-state index in [0.29, 0.717) is 25.1 Å². The van der Waals surface area contributed by atoms with Gasteiger partial charge in [0.15, 0.2) is 0 Å². The van der Waals surface area contributed by atoms with Crippen LogP contribution in [-0.4, -0.2) is 30.4 Å². The average Bonchev–Trinajstić information content (AvgIpc) is 2.42. The number of hydrogen-bond donors (Lipinski definition) is 2. The molecule has 0 aromatic heterocycles. The molecule has 0 saturated heterocycles. The van der Waals surface area contributed by atoms with E-state index in [9.17, 15) is 5.11 Å². The molecule has 3 nitrogen and oxygen atoms in total. The molecule has 0 amide bonds. The highest BCUT2D eigenvalue weighted by atomic mass is 16.5. The van der Waals surface area contributed by atoms with E-state index in [0.717, 1.165) is 12.2 Å². The summed E-state index contributed by atoms with van der Waals surface area (Å²) in [6.07, 6.45) is 0.513. The third-order valence-electron chi connectivity index (χ3n) is 3.42. The highest BCUT2D eigenvalue weighted by molar-refractivity contribution is 5.28. The summed E-state index contributed by atoms with van der Waals surface area (Å²) in [6, 6.07) is 8.42. The third-order valence-corrected chi connectivity index (χ3v) is 3.42. The lowest BCUT2D eigenvalue weighted by molar-refractivity contribution is 0.102. The van der Waals surface area contributed by atoms with Crippen molar-refractivity contribution >= 4 is 0 Å². The van der Waals surface area contributed by atoms with E-state index in [1.54, 1.807) is 0 Å². The molecule has 2 unspecified atom stereocenters. The van der Waals surface area contributed by atoms with Gasteiger partial charge in [0.05, 0.1) is 0 Å². The first-order chi connectivity index (χ1) is 9.02. The Bertz CT molecular complexity index is 366. The largest absolute Gasteiger partial charge is 0.491 e. The number of aryl methyl sites for hydroxylation is 1. The second kappa shape index (κ2) is 8.18. The van der Waals surface area contributed by atoms with Crippen LogP contribution < -0.4 is 10.1 Å². The molecule has 3 heteroatoms. The first-order valence-corrected chi connectivity index (χ1v) is 7.16. The number of nitrogens with one attached hydrogen (secondary N) is 1. The van der Waals surface area contributed by atoms with Crippen molar-refractivity contribution in [2.24, 2.45) is 5.92 Å². The first kappa shape index (κ1) is 16.0. The Kier molecular flexibility index (Phi) is 6.89. The predicted molar refractivity (Wildman–Crippen MR) is 79.6 cm³/mol. The molecule has 1 aromatic rings. The summed E-state index contributed by atoms with van der Waals surface area (Å²) < 4.78 is 5.61. The van der Waals surface area contributed by atoms with Crippen molar-refractivity contribution in [2.45, 2.75) is 46.3 Å². The van der Waals surface area contributed by atoms with Gasteiger partial charge < -0.3 is 15.2 Å². The van der Waals surface area contributed by atoms with Gasteiger partial charge in [-0.2, -0.15) is 0 Å². The molecular formula is C16H27NO2. The van der Waals surface area contributed by atoms with Crippen molar-refractivity contribution < 1.29 is 9.84 Å². The minimum atomic E-state index is -0.480. The summed E-state index contributed by atoms with van der Waals surface area (Å²) in [6.45, 7) is 9.46. The number of benzene rings is 1. The average molecular weight is 265 g/mol. The Morgan fingerprint density at radius 1 is 1.26 bits per heavy atom. The van der Waals surface area contributed by atoms with Crippen LogP contribution in [-0.2, 0) is 6.42 Å². The fourth-order valence-electron chi connectivity index (χ4n) is 1.66. The highest BCUT2D eigenvalue weighted by Crippen LogP contribution is 2.13. The standard InChI is InChI=1S/C16H27NO2/c1-5-14-7-6-8-16(9-14)19-11-15(18)10-17-13(4)12(2)3/h6-9,12-13,15,17-18H,5,10-11H2,1-4H3. The summed E-state index contributed by atoms with van der Waals surface area (Å²) in [5, 5.41) is 13.2. The highest BCUT2D eigenvalue weighted by Gasteiger charge is 2.10. The van der Waals surface area contributed by atoms with Crippen molar-refractivity contribution in [1.82, 2.24) is 5.32 Å². The minimum Gasteiger partial charge on any atom is -0.491 e. The summed E-state index contributed by atoms with van der Waals surface area (Å²) in [4.78, 5) is 0. The topological polar surface area (TPSA) is 41.5 Å². The maximum atomic E-state index is 9.88. The molecule has 1 rings (SSSR count). The molecular weight excluding hydrogens is 238 g/mol. The molecule has 108 valence electrons. The maximum Gasteiger partial charge on any atom is 0.119 e. The molecule has 1 aromatic carbocycles. The van der Waals surface area contributed by atoms with Crippen LogP contribution >= 0.6 is 0 Å². The number of aliphatic hydroxyl groups is 1. The van der Waals surface area contributed by atoms with Gasteiger partial charge in [0.2, 0.25) is 0 Å². The molecule has 0 aliphatic heterocycles. The van der Waals surface area contributed by atoms with E-state index >= 15 is 0 Å². The van der Waals surface area contributed by atoms with E-state index in [4.69, 9.17) is 4.74 Å². The molecule has 0 heterocycles. The summed E-state index contributed by atoms with van der Waals surface area (Å²) in [5.74, 6) is 1.39. The van der Waals surface area contributed by atoms with Gasteiger partial charge >= 0.3 is 0 Å². The van der Waals surface area contributed by atoms with Gasteiger partial charge in [0.1, 0.15) is 18.5 Å². The van der Waals surface area contributed by atoms with Crippen LogP contribution in [0.1, 0.15) is 33.3 Å². The lowest BCUT2D eigenvalue weighted by Gasteiger charge is -2.20. The first-order valence-electron chi connectivity index (χ1n) is 7.16. The lowest BCUT2D eigenvalue weighted by atomic mass is 10.1. The van der Waals surface area contributed by atoms with Crippen LogP contribution in [0.3, 0.4) is 0 Å². The van der Waals surface area contributed by atoms with Crippen LogP contribution in [0, 0.1) is 5.92 Å². The minimum absolute atomic E-state index is 0.324. The second-order valence-corrected chi connectivity index (χ2v) is 5.41. The number of rotatable bonds is 8. The monoisotopic (exact) mass is 265 g/mol. The van der Waals surface area contributed by atoms with Crippen molar-refractivity contribution in [3.05, 3.63) is 29.8 Å². The van der Waals surface area contributed by atoms with Crippen LogP contribution in [0.5, 0.6) is 5.75 Å². The number of ether oxygens (including phenoxy) is 1. The smallest absolute Gasteiger partial charge is 0.119 e. The fourth-order valence-corrected chi connectivity index (χ4v) is 1.66. The normalized spacial score (nSPS) is 14.4. The number of aliphatic hydroxyl groups excluding tert-OH is 1. The molecule has 0 bridgehead atoms. The molecule has 2 atom stereocenters. The van der Waals surface area contributed by atoms with Gasteiger partial charge in [-0.05, 0) is 37.0 Å².